The average molecular weight is 291 g/mol. The summed E-state index contributed by atoms with van der Waals surface area (Å²) in [6.07, 6.45) is 4.80. The average Bonchev–Trinajstić information content (AvgIpc) is 2.50. The third-order valence-electron chi connectivity index (χ3n) is 3.31. The molecule has 0 aromatic heterocycles. The predicted molar refractivity (Wildman–Crippen MR) is 83.0 cm³/mol. The number of amides is 1. The largest absolute Gasteiger partial charge is 0.469 e. The van der Waals surface area contributed by atoms with Gasteiger partial charge in [-0.2, -0.15) is 0 Å². The van der Waals surface area contributed by atoms with E-state index < -0.39 is 0 Å². The number of benzene rings is 1. The summed E-state index contributed by atoms with van der Waals surface area (Å²) >= 11 is 0. The van der Waals surface area contributed by atoms with Crippen LogP contribution in [0.2, 0.25) is 0 Å². The smallest absolute Gasteiger partial charge is 0.305 e. The van der Waals surface area contributed by atoms with E-state index in [1.165, 1.54) is 25.5 Å². The number of rotatable bonds is 9. The fourth-order valence-electron chi connectivity index (χ4n) is 2.02. The van der Waals surface area contributed by atoms with Gasteiger partial charge in [-0.15, -0.1) is 0 Å². The van der Waals surface area contributed by atoms with Crippen LogP contribution in [0.5, 0.6) is 0 Å². The second-order valence-electron chi connectivity index (χ2n) is 5.13. The molecular formula is C17H25NO3. The lowest BCUT2D eigenvalue weighted by Crippen LogP contribution is -2.26. The molecule has 0 unspecified atom stereocenters. The first-order chi connectivity index (χ1) is 10.2. The first kappa shape index (κ1) is 17.2. The summed E-state index contributed by atoms with van der Waals surface area (Å²) in [4.78, 5) is 22.7. The van der Waals surface area contributed by atoms with E-state index in [1.807, 2.05) is 12.1 Å². The van der Waals surface area contributed by atoms with Crippen LogP contribution >= 0.6 is 0 Å². The van der Waals surface area contributed by atoms with E-state index in [0.717, 1.165) is 12.0 Å². The summed E-state index contributed by atoms with van der Waals surface area (Å²) < 4.78 is 4.54. The van der Waals surface area contributed by atoms with Crippen molar-refractivity contribution < 1.29 is 14.3 Å². The molecular weight excluding hydrogens is 266 g/mol. The van der Waals surface area contributed by atoms with E-state index in [0.29, 0.717) is 25.8 Å². The van der Waals surface area contributed by atoms with Gasteiger partial charge in [-0.3, -0.25) is 9.59 Å². The molecule has 0 atom stereocenters. The fraction of sp³-hybridized carbons (Fsp3) is 0.529. The number of carbonyl (C=O) groups excluding carboxylic acids is 2. The fourth-order valence-corrected chi connectivity index (χ4v) is 2.02. The molecule has 0 radical (unpaired) electrons. The summed E-state index contributed by atoms with van der Waals surface area (Å²) in [6.45, 7) is 2.68. The molecule has 1 aromatic carbocycles. The van der Waals surface area contributed by atoms with Crippen molar-refractivity contribution >= 4 is 11.9 Å². The molecule has 0 aliphatic carbocycles. The number of unbranched alkanes of at least 4 members (excludes halogenated alkanes) is 1. The highest BCUT2D eigenvalue weighted by Gasteiger charge is 2.04. The third-order valence-corrected chi connectivity index (χ3v) is 3.31. The molecule has 1 N–H and O–H groups in total. The highest BCUT2D eigenvalue weighted by Crippen LogP contribution is 2.08. The highest BCUT2D eigenvalue weighted by atomic mass is 16.5. The van der Waals surface area contributed by atoms with Crippen LogP contribution in [-0.4, -0.2) is 25.5 Å². The zero-order chi connectivity index (χ0) is 15.5. The second kappa shape index (κ2) is 9.97. The van der Waals surface area contributed by atoms with E-state index in [-0.39, 0.29) is 11.9 Å². The van der Waals surface area contributed by atoms with Crippen LogP contribution in [0.25, 0.3) is 0 Å². The Morgan fingerprint density at radius 2 is 1.76 bits per heavy atom. The van der Waals surface area contributed by atoms with Crippen molar-refractivity contribution in [3.05, 3.63) is 35.4 Å². The van der Waals surface area contributed by atoms with Gasteiger partial charge in [0, 0.05) is 13.0 Å². The van der Waals surface area contributed by atoms with Crippen molar-refractivity contribution in [2.75, 3.05) is 13.7 Å². The van der Waals surface area contributed by atoms with Crippen molar-refractivity contribution in [2.24, 2.45) is 0 Å². The molecule has 116 valence electrons. The Kier molecular flexibility index (Phi) is 8.17. The van der Waals surface area contributed by atoms with Gasteiger partial charge in [0.15, 0.2) is 0 Å². The van der Waals surface area contributed by atoms with Crippen molar-refractivity contribution in [2.45, 2.75) is 45.4 Å². The number of nitrogens with one attached hydrogen (secondary N) is 1. The van der Waals surface area contributed by atoms with E-state index in [2.05, 4.69) is 29.1 Å². The lowest BCUT2D eigenvalue weighted by molar-refractivity contribution is -0.140. The number of esters is 1. The van der Waals surface area contributed by atoms with Gasteiger partial charge in [0.25, 0.3) is 0 Å². The van der Waals surface area contributed by atoms with Gasteiger partial charge in [-0.1, -0.05) is 37.6 Å². The van der Waals surface area contributed by atoms with Gasteiger partial charge in [-0.05, 0) is 30.4 Å². The van der Waals surface area contributed by atoms with Crippen LogP contribution in [0.4, 0.5) is 0 Å². The van der Waals surface area contributed by atoms with E-state index in [4.69, 9.17) is 0 Å². The van der Waals surface area contributed by atoms with Crippen LogP contribution < -0.4 is 5.32 Å². The number of ether oxygens (including phenoxy) is 1. The van der Waals surface area contributed by atoms with Crippen molar-refractivity contribution in [1.29, 1.82) is 0 Å². The van der Waals surface area contributed by atoms with Crippen LogP contribution in [0.15, 0.2) is 24.3 Å². The normalized spacial score (nSPS) is 10.2. The molecule has 1 aromatic rings. The van der Waals surface area contributed by atoms with Crippen LogP contribution in [0.3, 0.4) is 0 Å². The zero-order valence-corrected chi connectivity index (χ0v) is 13.0. The molecule has 1 amide bonds. The first-order valence-electron chi connectivity index (χ1n) is 7.57. The summed E-state index contributed by atoms with van der Waals surface area (Å²) in [5.41, 5.74) is 2.33. The van der Waals surface area contributed by atoms with Gasteiger partial charge in [-0.25, -0.2) is 0 Å². The Labute approximate surface area is 126 Å². The van der Waals surface area contributed by atoms with Gasteiger partial charge >= 0.3 is 5.97 Å². The molecule has 4 heteroatoms. The number of aryl methyl sites for hydroxylation is 1. The van der Waals surface area contributed by atoms with Gasteiger partial charge < -0.3 is 10.1 Å². The number of carbonyl (C=O) groups is 2. The minimum absolute atomic E-state index is 0.0128. The van der Waals surface area contributed by atoms with Gasteiger partial charge in [0.2, 0.25) is 5.91 Å². The van der Waals surface area contributed by atoms with Crippen molar-refractivity contribution in [3.63, 3.8) is 0 Å². The Bertz CT molecular complexity index is 440. The molecule has 0 spiro atoms. The summed E-state index contributed by atoms with van der Waals surface area (Å²) in [6, 6.07) is 8.21. The minimum atomic E-state index is -0.244. The van der Waals surface area contributed by atoms with Gasteiger partial charge in [0.1, 0.15) is 0 Å². The summed E-state index contributed by atoms with van der Waals surface area (Å²) in [5, 5.41) is 2.81. The predicted octanol–water partition coefficient (Wildman–Crippen LogP) is 2.64. The Hall–Kier alpha value is -1.84. The highest BCUT2D eigenvalue weighted by molar-refractivity contribution is 5.78. The number of hydrogen-bond donors (Lipinski definition) is 1. The Morgan fingerprint density at radius 3 is 2.38 bits per heavy atom. The second-order valence-corrected chi connectivity index (χ2v) is 5.13. The standard InChI is InChI=1S/C17H25NO3/c1-3-4-6-14-8-10-15(11-9-14)13-16(19)18-12-5-7-17(20)21-2/h8-11H,3-7,12-13H2,1-2H3,(H,18,19). The number of hydrogen-bond acceptors (Lipinski definition) is 3. The molecule has 0 fully saturated rings. The summed E-state index contributed by atoms with van der Waals surface area (Å²) in [5.74, 6) is -0.256. The molecule has 0 aliphatic heterocycles. The SMILES string of the molecule is CCCCc1ccc(CC(=O)NCCCC(=O)OC)cc1. The molecule has 0 heterocycles. The van der Waals surface area contributed by atoms with Crippen molar-refractivity contribution in [1.82, 2.24) is 5.32 Å². The molecule has 1 rings (SSSR count). The van der Waals surface area contributed by atoms with E-state index >= 15 is 0 Å². The Morgan fingerprint density at radius 1 is 1.10 bits per heavy atom. The van der Waals surface area contributed by atoms with Crippen LogP contribution in [0.1, 0.15) is 43.7 Å². The maximum Gasteiger partial charge on any atom is 0.305 e. The Balaban J connectivity index is 2.26. The lowest BCUT2D eigenvalue weighted by atomic mass is 10.0. The molecule has 21 heavy (non-hydrogen) atoms. The molecule has 0 saturated carbocycles. The summed E-state index contributed by atoms with van der Waals surface area (Å²) in [7, 11) is 1.37. The third kappa shape index (κ3) is 7.49. The molecule has 0 bridgehead atoms. The molecule has 0 aliphatic rings. The van der Waals surface area contributed by atoms with E-state index in [9.17, 15) is 9.59 Å². The quantitative estimate of drug-likeness (QED) is 0.562. The maximum absolute atomic E-state index is 11.8. The molecule has 4 nitrogen and oxygen atoms in total. The van der Waals surface area contributed by atoms with Crippen molar-refractivity contribution in [3.8, 4) is 0 Å². The monoisotopic (exact) mass is 291 g/mol. The first-order valence-corrected chi connectivity index (χ1v) is 7.57. The molecule has 0 saturated heterocycles. The van der Waals surface area contributed by atoms with Crippen LogP contribution in [0, 0.1) is 0 Å². The minimum Gasteiger partial charge on any atom is -0.469 e. The zero-order valence-electron chi connectivity index (χ0n) is 13.0. The van der Waals surface area contributed by atoms with Gasteiger partial charge in [0.05, 0.1) is 13.5 Å². The van der Waals surface area contributed by atoms with Crippen LogP contribution in [-0.2, 0) is 27.2 Å². The van der Waals surface area contributed by atoms with E-state index in [1.54, 1.807) is 0 Å². The maximum atomic E-state index is 11.8. The number of methoxy groups -OCH3 is 1. The lowest BCUT2D eigenvalue weighted by Gasteiger charge is -2.06. The topological polar surface area (TPSA) is 55.4 Å².